The highest BCUT2D eigenvalue weighted by molar-refractivity contribution is 6.42. The first-order chi connectivity index (χ1) is 15.3. The van der Waals surface area contributed by atoms with Crippen molar-refractivity contribution in [3.05, 3.63) is 73.6 Å². The summed E-state index contributed by atoms with van der Waals surface area (Å²) in [4.78, 5) is 42.7. The number of amides is 2. The number of aromatic amines is 1. The highest BCUT2D eigenvalue weighted by Gasteiger charge is 2.24. The molecule has 32 heavy (non-hydrogen) atoms. The van der Waals surface area contributed by atoms with E-state index in [-0.39, 0.29) is 33.6 Å². The SMILES string of the molecule is CC(=O)N1CCCN(C(=O)c2cc(Cc3c[nH]c(=O)c4cc(Cl)c(Cl)n34)ccc2F)CC1. The molecule has 0 unspecified atom stereocenters. The number of carbonyl (C=O) groups is 2. The van der Waals surface area contributed by atoms with Crippen LogP contribution >= 0.6 is 23.2 Å². The molecule has 1 saturated heterocycles. The minimum Gasteiger partial charge on any atom is -0.341 e. The first-order valence-corrected chi connectivity index (χ1v) is 10.9. The van der Waals surface area contributed by atoms with Crippen molar-refractivity contribution >= 4 is 40.5 Å². The molecule has 0 atom stereocenters. The second-order valence-electron chi connectivity index (χ2n) is 7.76. The maximum atomic E-state index is 14.6. The molecule has 7 nitrogen and oxygen atoms in total. The van der Waals surface area contributed by atoms with E-state index in [1.165, 1.54) is 31.3 Å². The fourth-order valence-electron chi connectivity index (χ4n) is 3.98. The Morgan fingerprint density at radius 3 is 2.56 bits per heavy atom. The largest absolute Gasteiger partial charge is 0.341 e. The lowest BCUT2D eigenvalue weighted by molar-refractivity contribution is -0.128. The molecular formula is C22H21Cl2FN4O3. The van der Waals surface area contributed by atoms with E-state index in [1.54, 1.807) is 20.3 Å². The van der Waals surface area contributed by atoms with Gasteiger partial charge in [0.1, 0.15) is 16.5 Å². The molecule has 3 aromatic rings. The fraction of sp³-hybridized carbons (Fsp3) is 0.318. The second-order valence-corrected chi connectivity index (χ2v) is 8.52. The van der Waals surface area contributed by atoms with Crippen molar-refractivity contribution < 1.29 is 14.0 Å². The molecule has 1 aliphatic heterocycles. The lowest BCUT2D eigenvalue weighted by Gasteiger charge is -2.22. The van der Waals surface area contributed by atoms with Crippen LogP contribution in [0.4, 0.5) is 4.39 Å². The standard InChI is InChI=1S/C22H21Cl2FN4O3/c1-13(30)27-5-2-6-28(8-7-27)22(32)16-10-14(3-4-18(16)25)9-15-12-26-21(31)19-11-17(23)20(24)29(15)19/h3-4,10-12H,2,5-9H2,1H3,(H,26,31). The van der Waals surface area contributed by atoms with Crippen LogP contribution in [-0.4, -0.2) is 57.2 Å². The summed E-state index contributed by atoms with van der Waals surface area (Å²) in [5.41, 5.74) is 1.24. The zero-order valence-electron chi connectivity index (χ0n) is 17.3. The van der Waals surface area contributed by atoms with Gasteiger partial charge in [0.05, 0.1) is 10.6 Å². The highest BCUT2D eigenvalue weighted by atomic mass is 35.5. The fourth-order valence-corrected chi connectivity index (χ4v) is 4.43. The van der Waals surface area contributed by atoms with Gasteiger partial charge in [0.2, 0.25) is 5.91 Å². The van der Waals surface area contributed by atoms with Crippen LogP contribution in [0.5, 0.6) is 0 Å². The summed E-state index contributed by atoms with van der Waals surface area (Å²) in [6.07, 6.45) is 2.44. The number of fused-ring (bicyclic) bond motifs is 1. The van der Waals surface area contributed by atoms with E-state index >= 15 is 0 Å². The molecule has 168 valence electrons. The van der Waals surface area contributed by atoms with Gasteiger partial charge in [-0.2, -0.15) is 0 Å². The van der Waals surface area contributed by atoms with Crippen molar-refractivity contribution in [2.75, 3.05) is 26.2 Å². The Bertz CT molecular complexity index is 1270. The summed E-state index contributed by atoms with van der Waals surface area (Å²) in [5, 5.41) is 0.459. The number of aromatic nitrogens is 2. The van der Waals surface area contributed by atoms with Gasteiger partial charge in [-0.25, -0.2) is 4.39 Å². The number of carbonyl (C=O) groups excluding carboxylic acids is 2. The van der Waals surface area contributed by atoms with E-state index in [9.17, 15) is 18.8 Å². The molecule has 0 saturated carbocycles. The first kappa shape index (κ1) is 22.4. The van der Waals surface area contributed by atoms with Crippen LogP contribution in [-0.2, 0) is 11.2 Å². The monoisotopic (exact) mass is 478 g/mol. The van der Waals surface area contributed by atoms with Crippen molar-refractivity contribution in [1.29, 1.82) is 0 Å². The van der Waals surface area contributed by atoms with Gasteiger partial charge in [-0.05, 0) is 30.2 Å². The zero-order chi connectivity index (χ0) is 23.0. The third kappa shape index (κ3) is 4.25. The quantitative estimate of drug-likeness (QED) is 0.626. The number of H-pyrrole nitrogens is 1. The Morgan fingerprint density at radius 1 is 1.09 bits per heavy atom. The smallest absolute Gasteiger partial charge is 0.272 e. The molecule has 10 heteroatoms. The number of nitrogens with one attached hydrogen (secondary N) is 1. The molecule has 0 spiro atoms. The van der Waals surface area contributed by atoms with Gasteiger partial charge in [0.15, 0.2) is 0 Å². The van der Waals surface area contributed by atoms with Gasteiger partial charge in [-0.1, -0.05) is 29.3 Å². The maximum absolute atomic E-state index is 14.6. The molecule has 2 amide bonds. The molecular weight excluding hydrogens is 458 g/mol. The summed E-state index contributed by atoms with van der Waals surface area (Å²) in [6.45, 7) is 3.29. The second kappa shape index (κ2) is 8.96. The van der Waals surface area contributed by atoms with Gasteiger partial charge in [0.25, 0.3) is 11.5 Å². The Hall–Kier alpha value is -2.84. The molecule has 0 bridgehead atoms. The van der Waals surface area contributed by atoms with Gasteiger partial charge >= 0.3 is 0 Å². The van der Waals surface area contributed by atoms with Crippen molar-refractivity contribution in [3.8, 4) is 0 Å². The Morgan fingerprint density at radius 2 is 1.81 bits per heavy atom. The van der Waals surface area contributed by atoms with Gasteiger partial charge in [-0.15, -0.1) is 0 Å². The molecule has 1 N–H and O–H groups in total. The topological polar surface area (TPSA) is 77.9 Å². The number of nitrogens with zero attached hydrogens (tertiary/aromatic N) is 3. The molecule has 3 heterocycles. The minimum atomic E-state index is -0.611. The summed E-state index contributed by atoms with van der Waals surface area (Å²) in [5.74, 6) is -1.06. The highest BCUT2D eigenvalue weighted by Crippen LogP contribution is 2.27. The number of hydrogen-bond donors (Lipinski definition) is 1. The normalized spacial score (nSPS) is 14.6. The Balaban J connectivity index is 1.62. The Kier molecular flexibility index (Phi) is 6.26. The van der Waals surface area contributed by atoms with E-state index < -0.39 is 11.7 Å². The van der Waals surface area contributed by atoms with Crippen molar-refractivity contribution in [3.63, 3.8) is 0 Å². The number of hydrogen-bond acceptors (Lipinski definition) is 3. The summed E-state index contributed by atoms with van der Waals surface area (Å²) in [6, 6.07) is 5.84. The van der Waals surface area contributed by atoms with E-state index in [4.69, 9.17) is 23.2 Å². The van der Waals surface area contributed by atoms with E-state index in [2.05, 4.69) is 4.98 Å². The number of benzene rings is 1. The molecule has 1 aromatic carbocycles. The predicted molar refractivity (Wildman–Crippen MR) is 120 cm³/mol. The number of halogens is 3. The summed E-state index contributed by atoms with van der Waals surface area (Å²) < 4.78 is 16.1. The molecule has 2 aromatic heterocycles. The van der Waals surface area contributed by atoms with E-state index in [1.807, 2.05) is 0 Å². The average molecular weight is 479 g/mol. The van der Waals surface area contributed by atoms with E-state index in [0.717, 1.165) is 0 Å². The predicted octanol–water partition coefficient (Wildman–Crippen LogP) is 3.36. The van der Waals surface area contributed by atoms with Crippen LogP contribution in [0.15, 0.2) is 35.3 Å². The zero-order valence-corrected chi connectivity index (χ0v) is 18.8. The molecule has 1 fully saturated rings. The molecule has 4 rings (SSSR count). The van der Waals surface area contributed by atoms with Crippen molar-refractivity contribution in [2.24, 2.45) is 0 Å². The van der Waals surface area contributed by atoms with Crippen LogP contribution in [0.1, 0.15) is 35.0 Å². The average Bonchev–Trinajstić information content (AvgIpc) is 2.94. The van der Waals surface area contributed by atoms with E-state index in [0.29, 0.717) is 49.4 Å². The van der Waals surface area contributed by atoms with Crippen molar-refractivity contribution in [2.45, 2.75) is 19.8 Å². The van der Waals surface area contributed by atoms with Crippen LogP contribution < -0.4 is 5.56 Å². The van der Waals surface area contributed by atoms with Crippen LogP contribution in [0.3, 0.4) is 0 Å². The van der Waals surface area contributed by atoms with Crippen LogP contribution in [0.25, 0.3) is 5.52 Å². The maximum Gasteiger partial charge on any atom is 0.272 e. The molecule has 0 radical (unpaired) electrons. The summed E-state index contributed by atoms with van der Waals surface area (Å²) >= 11 is 12.4. The van der Waals surface area contributed by atoms with Crippen LogP contribution in [0.2, 0.25) is 10.2 Å². The van der Waals surface area contributed by atoms with Crippen molar-refractivity contribution in [1.82, 2.24) is 19.2 Å². The lowest BCUT2D eigenvalue weighted by atomic mass is 10.0. The summed E-state index contributed by atoms with van der Waals surface area (Å²) in [7, 11) is 0. The van der Waals surface area contributed by atoms with Crippen LogP contribution in [0, 0.1) is 5.82 Å². The molecule has 0 aliphatic carbocycles. The molecule has 1 aliphatic rings. The third-order valence-electron chi connectivity index (χ3n) is 5.66. The first-order valence-electron chi connectivity index (χ1n) is 10.2. The number of rotatable bonds is 3. The third-order valence-corrected chi connectivity index (χ3v) is 6.42. The van der Waals surface area contributed by atoms with Gasteiger partial charge in [0, 0.05) is 51.4 Å². The van der Waals surface area contributed by atoms with Gasteiger partial charge < -0.3 is 14.8 Å². The lowest BCUT2D eigenvalue weighted by Crippen LogP contribution is -2.36. The Labute approximate surface area is 193 Å². The van der Waals surface area contributed by atoms with Gasteiger partial charge in [-0.3, -0.25) is 18.8 Å². The minimum absolute atomic E-state index is 0.0314.